The van der Waals surface area contributed by atoms with Crippen molar-refractivity contribution in [1.82, 2.24) is 24.5 Å². The number of hydrogen-bond donors (Lipinski definition) is 0. The lowest BCUT2D eigenvalue weighted by molar-refractivity contribution is 0.213. The van der Waals surface area contributed by atoms with Crippen LogP contribution in [-0.4, -0.2) is 43.6 Å². The SMILES string of the molecule is CC(C)(C)c1ccc(=O)n(CC2CCCN2CCn2cccn2)n1. The van der Waals surface area contributed by atoms with Gasteiger partial charge < -0.3 is 0 Å². The minimum absolute atomic E-state index is 0.0121. The largest absolute Gasteiger partial charge is 0.297 e. The molecule has 6 nitrogen and oxygen atoms in total. The normalized spacial score (nSPS) is 19.0. The van der Waals surface area contributed by atoms with Crippen LogP contribution in [0.25, 0.3) is 0 Å². The fourth-order valence-electron chi connectivity index (χ4n) is 3.24. The van der Waals surface area contributed by atoms with Gasteiger partial charge in [0.2, 0.25) is 0 Å². The molecule has 3 rings (SSSR count). The molecule has 0 aliphatic carbocycles. The zero-order valence-corrected chi connectivity index (χ0v) is 14.9. The summed E-state index contributed by atoms with van der Waals surface area (Å²) in [6, 6.07) is 5.82. The number of likely N-dealkylation sites (tertiary alicyclic amines) is 1. The van der Waals surface area contributed by atoms with Crippen LogP contribution in [0.2, 0.25) is 0 Å². The quantitative estimate of drug-likeness (QED) is 0.841. The first-order valence-corrected chi connectivity index (χ1v) is 8.73. The van der Waals surface area contributed by atoms with Crippen molar-refractivity contribution in [3.63, 3.8) is 0 Å². The number of aromatic nitrogens is 4. The van der Waals surface area contributed by atoms with Crippen LogP contribution in [0.5, 0.6) is 0 Å². The van der Waals surface area contributed by atoms with E-state index in [2.05, 4.69) is 35.9 Å². The summed E-state index contributed by atoms with van der Waals surface area (Å²) in [6.07, 6.45) is 6.09. The van der Waals surface area contributed by atoms with Crippen LogP contribution >= 0.6 is 0 Å². The number of rotatable bonds is 5. The second-order valence-electron chi connectivity index (χ2n) is 7.59. The van der Waals surface area contributed by atoms with Gasteiger partial charge in [-0.3, -0.25) is 14.4 Å². The molecule has 1 unspecified atom stereocenters. The summed E-state index contributed by atoms with van der Waals surface area (Å²) in [4.78, 5) is 14.7. The molecular weight excluding hydrogens is 302 g/mol. The molecule has 0 aromatic carbocycles. The Labute approximate surface area is 143 Å². The zero-order valence-electron chi connectivity index (χ0n) is 14.9. The molecule has 0 N–H and O–H groups in total. The van der Waals surface area contributed by atoms with Crippen LogP contribution in [0, 0.1) is 0 Å². The van der Waals surface area contributed by atoms with E-state index in [-0.39, 0.29) is 11.0 Å². The Hall–Kier alpha value is -1.95. The number of hydrogen-bond acceptors (Lipinski definition) is 4. The van der Waals surface area contributed by atoms with Crippen molar-refractivity contribution in [3.05, 3.63) is 46.6 Å². The first-order valence-electron chi connectivity index (χ1n) is 8.73. The van der Waals surface area contributed by atoms with Crippen LogP contribution in [0.15, 0.2) is 35.4 Å². The predicted molar refractivity (Wildman–Crippen MR) is 94.0 cm³/mol. The van der Waals surface area contributed by atoms with Crippen LogP contribution in [0.3, 0.4) is 0 Å². The van der Waals surface area contributed by atoms with Crippen molar-refractivity contribution >= 4 is 0 Å². The van der Waals surface area contributed by atoms with Crippen molar-refractivity contribution in [3.8, 4) is 0 Å². The highest BCUT2D eigenvalue weighted by Crippen LogP contribution is 2.20. The molecule has 24 heavy (non-hydrogen) atoms. The van der Waals surface area contributed by atoms with Gasteiger partial charge in [0.05, 0.1) is 18.8 Å². The van der Waals surface area contributed by atoms with Crippen LogP contribution < -0.4 is 5.56 Å². The summed E-state index contributed by atoms with van der Waals surface area (Å²) in [7, 11) is 0. The summed E-state index contributed by atoms with van der Waals surface area (Å²) in [6.45, 7) is 9.96. The van der Waals surface area contributed by atoms with Gasteiger partial charge in [-0.25, -0.2) is 4.68 Å². The third kappa shape index (κ3) is 3.93. The standard InChI is InChI=1S/C18H27N5O/c1-18(2,3)16-7-8-17(24)23(20-16)14-15-6-4-10-21(15)12-13-22-11-5-9-19-22/h5,7-9,11,15H,4,6,10,12-14H2,1-3H3. The molecule has 2 aromatic rings. The third-order valence-electron chi connectivity index (χ3n) is 4.69. The topological polar surface area (TPSA) is 56.0 Å². The van der Waals surface area contributed by atoms with E-state index >= 15 is 0 Å². The fourth-order valence-corrected chi connectivity index (χ4v) is 3.24. The van der Waals surface area contributed by atoms with Gasteiger partial charge in [-0.2, -0.15) is 10.2 Å². The molecule has 1 aliphatic heterocycles. The van der Waals surface area contributed by atoms with Gasteiger partial charge >= 0.3 is 0 Å². The van der Waals surface area contributed by atoms with Gasteiger partial charge in [0, 0.05) is 36.5 Å². The zero-order chi connectivity index (χ0) is 17.2. The summed E-state index contributed by atoms with van der Waals surface area (Å²) >= 11 is 0. The Morgan fingerprint density at radius 3 is 2.79 bits per heavy atom. The molecule has 0 spiro atoms. The monoisotopic (exact) mass is 329 g/mol. The van der Waals surface area contributed by atoms with E-state index in [4.69, 9.17) is 0 Å². The molecule has 0 saturated carbocycles. The van der Waals surface area contributed by atoms with Gasteiger partial charge in [0.1, 0.15) is 0 Å². The highest BCUT2D eigenvalue weighted by molar-refractivity contribution is 5.10. The third-order valence-corrected chi connectivity index (χ3v) is 4.69. The summed E-state index contributed by atoms with van der Waals surface area (Å²) in [5, 5.41) is 8.87. The molecule has 6 heteroatoms. The van der Waals surface area contributed by atoms with Crippen molar-refractivity contribution in [1.29, 1.82) is 0 Å². The van der Waals surface area contributed by atoms with Crippen LogP contribution in [0.4, 0.5) is 0 Å². The highest BCUT2D eigenvalue weighted by atomic mass is 16.1. The summed E-state index contributed by atoms with van der Waals surface area (Å²) < 4.78 is 3.61. The van der Waals surface area contributed by atoms with Crippen molar-refractivity contribution in [2.45, 2.75) is 58.2 Å². The fraction of sp³-hybridized carbons (Fsp3) is 0.611. The molecule has 0 bridgehead atoms. The molecule has 3 heterocycles. The smallest absolute Gasteiger partial charge is 0.266 e. The van der Waals surface area contributed by atoms with E-state index in [1.165, 1.54) is 6.42 Å². The van der Waals surface area contributed by atoms with Gasteiger partial charge in [0.15, 0.2) is 0 Å². The Morgan fingerprint density at radius 1 is 1.25 bits per heavy atom. The Morgan fingerprint density at radius 2 is 2.08 bits per heavy atom. The lowest BCUT2D eigenvalue weighted by Gasteiger charge is -2.25. The van der Waals surface area contributed by atoms with Crippen LogP contribution in [-0.2, 0) is 18.5 Å². The highest BCUT2D eigenvalue weighted by Gasteiger charge is 2.26. The molecule has 1 atom stereocenters. The van der Waals surface area contributed by atoms with E-state index < -0.39 is 0 Å². The maximum Gasteiger partial charge on any atom is 0.266 e. The van der Waals surface area contributed by atoms with E-state index in [0.717, 1.165) is 31.7 Å². The van der Waals surface area contributed by atoms with E-state index in [1.54, 1.807) is 10.7 Å². The van der Waals surface area contributed by atoms with Crippen molar-refractivity contribution in [2.24, 2.45) is 0 Å². The summed E-state index contributed by atoms with van der Waals surface area (Å²) in [5.74, 6) is 0. The first kappa shape index (κ1) is 16.9. The second kappa shape index (κ2) is 6.89. The van der Waals surface area contributed by atoms with Crippen molar-refractivity contribution in [2.75, 3.05) is 13.1 Å². The van der Waals surface area contributed by atoms with Gasteiger partial charge in [-0.15, -0.1) is 0 Å². The minimum Gasteiger partial charge on any atom is -0.297 e. The second-order valence-corrected chi connectivity index (χ2v) is 7.59. The molecule has 1 fully saturated rings. The maximum atomic E-state index is 12.2. The number of nitrogens with zero attached hydrogens (tertiary/aromatic N) is 5. The van der Waals surface area contributed by atoms with Gasteiger partial charge in [-0.1, -0.05) is 20.8 Å². The lowest BCUT2D eigenvalue weighted by Crippen LogP contribution is -2.39. The Kier molecular flexibility index (Phi) is 4.85. The summed E-state index contributed by atoms with van der Waals surface area (Å²) in [5.41, 5.74) is 0.898. The predicted octanol–water partition coefficient (Wildman–Crippen LogP) is 1.90. The molecule has 2 aromatic heterocycles. The Balaban J connectivity index is 1.69. The van der Waals surface area contributed by atoms with E-state index in [0.29, 0.717) is 12.6 Å². The van der Waals surface area contributed by atoms with Crippen LogP contribution in [0.1, 0.15) is 39.3 Å². The first-order chi connectivity index (χ1) is 11.4. The molecule has 1 aliphatic rings. The van der Waals surface area contributed by atoms with E-state index in [1.807, 2.05) is 29.2 Å². The van der Waals surface area contributed by atoms with Crippen molar-refractivity contribution < 1.29 is 0 Å². The average molecular weight is 329 g/mol. The lowest BCUT2D eigenvalue weighted by atomic mass is 9.92. The minimum atomic E-state index is -0.0507. The van der Waals surface area contributed by atoms with Gasteiger partial charge in [0.25, 0.3) is 5.56 Å². The molecule has 0 amide bonds. The molecule has 0 radical (unpaired) electrons. The maximum absolute atomic E-state index is 12.2. The Bertz CT molecular complexity index is 714. The molecular formula is C18H27N5O. The van der Waals surface area contributed by atoms with Gasteiger partial charge in [-0.05, 0) is 31.5 Å². The van der Waals surface area contributed by atoms with E-state index in [9.17, 15) is 4.79 Å². The molecule has 1 saturated heterocycles. The average Bonchev–Trinajstić information content (AvgIpc) is 3.17. The molecule has 130 valence electrons.